The zero-order chi connectivity index (χ0) is 28.1. The van der Waals surface area contributed by atoms with E-state index in [0.717, 1.165) is 9.91 Å². The van der Waals surface area contributed by atoms with Gasteiger partial charge in [0.2, 0.25) is 11.8 Å². The number of carbonyl (C=O) groups excluding carboxylic acids is 4. The first-order valence-corrected chi connectivity index (χ1v) is 12.9. The van der Waals surface area contributed by atoms with Crippen molar-refractivity contribution >= 4 is 47.3 Å². The Morgan fingerprint density at radius 3 is 2.54 bits per heavy atom. The summed E-state index contributed by atoms with van der Waals surface area (Å²) in [6, 6.07) is 0.634. The van der Waals surface area contributed by atoms with Crippen LogP contribution in [0.4, 0.5) is 9.59 Å². The number of phenolic OH excluding ortho intramolecular Hbond substituents is 1. The molecule has 1 unspecified atom stereocenters. The van der Waals surface area contributed by atoms with Gasteiger partial charge in [0.15, 0.2) is 0 Å². The van der Waals surface area contributed by atoms with Gasteiger partial charge >= 0.3 is 18.0 Å². The Bertz CT molecular complexity index is 1300. The number of benzene rings is 1. The highest BCUT2D eigenvalue weighted by molar-refractivity contribution is 8.01. The number of nitrogens with one attached hydrogen (secondary N) is 2. The maximum absolute atomic E-state index is 13.4. The lowest BCUT2D eigenvalue weighted by atomic mass is 9.95. The predicted octanol–water partition coefficient (Wildman–Crippen LogP) is 0.412. The third-order valence-corrected chi connectivity index (χ3v) is 8.37. The smallest absolute Gasteiger partial charge is 0.348 e. The summed E-state index contributed by atoms with van der Waals surface area (Å²) >= 11 is 1.27. The number of nitrogens with zero attached hydrogens (tertiary/aromatic N) is 4. The molecule has 4 atom stereocenters. The van der Waals surface area contributed by atoms with Crippen molar-refractivity contribution in [3.05, 3.63) is 42.2 Å². The molecule has 206 valence electrons. The third kappa shape index (κ3) is 4.73. The van der Waals surface area contributed by atoms with Crippen LogP contribution in [-0.2, 0) is 19.1 Å². The number of amides is 6. The van der Waals surface area contributed by atoms with E-state index in [1.165, 1.54) is 47.2 Å². The van der Waals surface area contributed by atoms with E-state index in [9.17, 15) is 34.2 Å². The number of aliphatic carboxylic acids is 1. The van der Waals surface area contributed by atoms with Gasteiger partial charge in [-0.05, 0) is 37.6 Å². The summed E-state index contributed by atoms with van der Waals surface area (Å²) in [4.78, 5) is 66.1. The molecule has 3 fully saturated rings. The summed E-state index contributed by atoms with van der Waals surface area (Å²) < 4.78 is 4.28. The molecule has 0 radical (unpaired) electrons. The Balaban J connectivity index is 1.31. The number of carboxylic acids is 1. The zero-order valence-corrected chi connectivity index (χ0v) is 21.8. The number of carboxylic acid groups (broad SMARTS) is 1. The number of ether oxygens (including phenoxy) is 1. The first kappa shape index (κ1) is 26.3. The maximum atomic E-state index is 13.4. The Labute approximate surface area is 226 Å². The van der Waals surface area contributed by atoms with Gasteiger partial charge in [0.05, 0.1) is 19.4 Å². The number of β-lactam (4-membered cyclic amide) rings is 1. The Morgan fingerprint density at radius 2 is 1.90 bits per heavy atom. The summed E-state index contributed by atoms with van der Waals surface area (Å²) in [5.74, 6) is -2.47. The lowest BCUT2D eigenvalue weighted by Crippen LogP contribution is -2.71. The highest BCUT2D eigenvalue weighted by atomic mass is 32.2. The number of aromatic hydroxyl groups is 1. The zero-order valence-electron chi connectivity index (χ0n) is 20.9. The van der Waals surface area contributed by atoms with E-state index >= 15 is 0 Å². The normalized spacial score (nSPS) is 26.8. The van der Waals surface area contributed by atoms with Crippen molar-refractivity contribution in [2.45, 2.75) is 42.1 Å². The quantitative estimate of drug-likeness (QED) is 0.360. The summed E-state index contributed by atoms with van der Waals surface area (Å²) in [5.41, 5.74) is 0.811. The fourth-order valence-corrected chi connectivity index (χ4v) is 6.51. The largest absolute Gasteiger partial charge is 0.508 e. The second kappa shape index (κ2) is 9.80. The average molecular weight is 559 g/mol. The van der Waals surface area contributed by atoms with E-state index in [4.69, 9.17) is 4.74 Å². The van der Waals surface area contributed by atoms with Gasteiger partial charge < -0.3 is 30.5 Å². The van der Waals surface area contributed by atoms with Gasteiger partial charge in [-0.2, -0.15) is 5.10 Å². The Morgan fingerprint density at radius 1 is 1.18 bits per heavy atom. The number of phenols is 1. The molecular formula is C24H26N6O8S. The van der Waals surface area contributed by atoms with E-state index in [1.807, 2.05) is 0 Å². The molecule has 4 aliphatic heterocycles. The molecule has 14 nitrogen and oxygen atoms in total. The number of hydrazone groups is 1. The fraction of sp³-hybridized carbons (Fsp3) is 0.417. The molecule has 4 heterocycles. The minimum absolute atomic E-state index is 0.0242. The topological polar surface area (TPSA) is 181 Å². The van der Waals surface area contributed by atoms with Crippen molar-refractivity contribution in [1.82, 2.24) is 25.4 Å². The van der Waals surface area contributed by atoms with Crippen LogP contribution < -0.4 is 10.6 Å². The molecule has 4 aliphatic rings. The number of thioether (sulfide) groups is 1. The molecular weight excluding hydrogens is 532 g/mol. The van der Waals surface area contributed by atoms with Crippen LogP contribution in [0.5, 0.6) is 5.75 Å². The Kier molecular flexibility index (Phi) is 6.62. The lowest BCUT2D eigenvalue weighted by molar-refractivity contribution is -0.161. The van der Waals surface area contributed by atoms with Crippen LogP contribution in [-0.4, -0.2) is 102 Å². The van der Waals surface area contributed by atoms with Gasteiger partial charge in [-0.15, -0.1) is 11.8 Å². The summed E-state index contributed by atoms with van der Waals surface area (Å²) in [5, 5.41) is 29.2. The van der Waals surface area contributed by atoms with Crippen LogP contribution in [0.2, 0.25) is 0 Å². The molecule has 6 amide bonds. The molecule has 0 aliphatic carbocycles. The Hall–Kier alpha value is -4.27. The van der Waals surface area contributed by atoms with E-state index in [0.29, 0.717) is 11.3 Å². The van der Waals surface area contributed by atoms with Gasteiger partial charge in [0.25, 0.3) is 0 Å². The number of carbonyl (C=O) groups is 5. The van der Waals surface area contributed by atoms with Gasteiger partial charge in [-0.3, -0.25) is 9.59 Å². The van der Waals surface area contributed by atoms with Crippen molar-refractivity contribution < 1.29 is 38.9 Å². The van der Waals surface area contributed by atoms with E-state index in [-0.39, 0.29) is 25.4 Å². The first-order chi connectivity index (χ1) is 18.5. The molecule has 39 heavy (non-hydrogen) atoms. The number of fused-ring (bicyclic) bond motifs is 1. The van der Waals surface area contributed by atoms with Crippen molar-refractivity contribution in [1.29, 1.82) is 0 Å². The summed E-state index contributed by atoms with van der Waals surface area (Å²) in [7, 11) is 0. The number of urea groups is 2. The second-order valence-electron chi connectivity index (χ2n) is 9.82. The highest BCUT2D eigenvalue weighted by Gasteiger charge is 2.64. The molecule has 1 aromatic rings. The lowest BCUT2D eigenvalue weighted by Gasteiger charge is -2.44. The van der Waals surface area contributed by atoms with Gasteiger partial charge in [-0.25, -0.2) is 24.3 Å². The van der Waals surface area contributed by atoms with E-state index in [1.54, 1.807) is 19.9 Å². The maximum Gasteiger partial charge on any atom is 0.348 e. The summed E-state index contributed by atoms with van der Waals surface area (Å²) in [6.45, 7) is 3.82. The highest BCUT2D eigenvalue weighted by Crippen LogP contribution is 2.50. The molecule has 15 heteroatoms. The van der Waals surface area contributed by atoms with Crippen molar-refractivity contribution in [3.63, 3.8) is 0 Å². The van der Waals surface area contributed by atoms with Gasteiger partial charge in [-0.1, -0.05) is 12.1 Å². The monoisotopic (exact) mass is 558 g/mol. The number of rotatable bonds is 6. The predicted molar refractivity (Wildman–Crippen MR) is 136 cm³/mol. The van der Waals surface area contributed by atoms with E-state index < -0.39 is 58.1 Å². The van der Waals surface area contributed by atoms with Crippen molar-refractivity contribution in [2.75, 3.05) is 19.7 Å². The van der Waals surface area contributed by atoms with Crippen LogP contribution in [0.3, 0.4) is 0 Å². The molecule has 0 aromatic heterocycles. The van der Waals surface area contributed by atoms with Crippen molar-refractivity contribution in [3.8, 4) is 5.75 Å². The molecule has 4 N–H and O–H groups in total. The standard InChI is InChI=1S/C24H26N6O8S/c1-24(2)17(21(34)35)30-19(33)16(20(30)39-24)25-18(32)15(12-3-5-14(31)6-4-12)26-22(36)28-8-9-29(23(28)37)27-13-7-10-38-11-13/h3-7,10,15-17,20,31H,8-9,11H2,1-2H3,(H,25,32)(H,26,36)(H,34,35)/t15?,16-,17+,20-/m1/s1. The molecule has 0 spiro atoms. The molecule has 1 aromatic carbocycles. The van der Waals surface area contributed by atoms with Crippen molar-refractivity contribution in [2.24, 2.45) is 5.10 Å². The molecule has 0 saturated carbocycles. The fourth-order valence-electron chi connectivity index (χ4n) is 4.88. The van der Waals surface area contributed by atoms with Crippen LogP contribution in [0, 0.1) is 0 Å². The van der Waals surface area contributed by atoms with Gasteiger partial charge in [0.1, 0.15) is 41.6 Å². The SMILES string of the molecule is CC1(C)S[C@@H]2[C@H](NC(=O)C(NC(=O)N3CCN(N=C4C=COC4)C3=O)c3ccc(O)cc3)C(=O)N2[C@H]1C(=O)O. The van der Waals surface area contributed by atoms with E-state index in [2.05, 4.69) is 15.7 Å². The number of hydrogen-bond donors (Lipinski definition) is 4. The van der Waals surface area contributed by atoms with Crippen LogP contribution >= 0.6 is 11.8 Å². The number of hydrogen-bond acceptors (Lipinski definition) is 9. The summed E-state index contributed by atoms with van der Waals surface area (Å²) in [6.07, 6.45) is 3.05. The average Bonchev–Trinajstić information content (AvgIpc) is 3.59. The molecule has 3 saturated heterocycles. The second-order valence-corrected chi connectivity index (χ2v) is 11.6. The minimum atomic E-state index is -1.33. The van der Waals surface area contributed by atoms with Gasteiger partial charge in [0, 0.05) is 4.75 Å². The van der Waals surface area contributed by atoms with Crippen LogP contribution in [0.1, 0.15) is 25.5 Å². The third-order valence-electron chi connectivity index (χ3n) is 6.80. The van der Waals surface area contributed by atoms with Crippen LogP contribution in [0.25, 0.3) is 0 Å². The number of imide groups is 1. The molecule has 0 bridgehead atoms. The minimum Gasteiger partial charge on any atom is -0.508 e. The van der Waals surface area contributed by atoms with Crippen LogP contribution in [0.15, 0.2) is 41.7 Å². The first-order valence-electron chi connectivity index (χ1n) is 12.0. The molecule has 5 rings (SSSR count).